The molecule has 7 nitrogen and oxygen atoms in total. The van der Waals surface area contributed by atoms with E-state index in [2.05, 4.69) is 16.6 Å². The zero-order chi connectivity index (χ0) is 30.1. The molecule has 0 saturated heterocycles. The predicted molar refractivity (Wildman–Crippen MR) is 164 cm³/mol. The molecule has 0 spiro atoms. The molecular weight excluding hydrogens is 522 g/mol. The summed E-state index contributed by atoms with van der Waals surface area (Å²) >= 11 is 1.56. The van der Waals surface area contributed by atoms with Crippen LogP contribution in [0.1, 0.15) is 77.1 Å². The third-order valence-corrected chi connectivity index (χ3v) is 7.32. The van der Waals surface area contributed by atoms with Crippen molar-refractivity contribution in [2.75, 3.05) is 17.3 Å². The topological polar surface area (TPSA) is 87.7 Å². The van der Waals surface area contributed by atoms with Gasteiger partial charge in [0.2, 0.25) is 5.91 Å². The lowest BCUT2D eigenvalue weighted by molar-refractivity contribution is -0.147. The number of hydrogen-bond acceptors (Lipinski definition) is 5. The highest BCUT2D eigenvalue weighted by Crippen LogP contribution is 2.35. The molecule has 8 heteroatoms. The molecule has 2 aromatic rings. The first kappa shape index (κ1) is 32.8. The van der Waals surface area contributed by atoms with Gasteiger partial charge in [-0.2, -0.15) is 11.8 Å². The van der Waals surface area contributed by atoms with Crippen molar-refractivity contribution < 1.29 is 19.1 Å². The highest BCUT2D eigenvalue weighted by Gasteiger charge is 2.43. The van der Waals surface area contributed by atoms with E-state index in [9.17, 15) is 14.4 Å². The van der Waals surface area contributed by atoms with Gasteiger partial charge in [0.15, 0.2) is 0 Å². The van der Waals surface area contributed by atoms with Gasteiger partial charge in [0.25, 0.3) is 5.91 Å². The quantitative estimate of drug-likeness (QED) is 0.311. The predicted octanol–water partition coefficient (Wildman–Crippen LogP) is 6.32. The summed E-state index contributed by atoms with van der Waals surface area (Å²) in [5.41, 5.74) is 1.06. The number of anilines is 1. The van der Waals surface area contributed by atoms with Crippen LogP contribution < -0.4 is 10.6 Å². The molecule has 2 unspecified atom stereocenters. The van der Waals surface area contributed by atoms with E-state index >= 15 is 0 Å². The zero-order valence-electron chi connectivity index (χ0n) is 25.0. The molecule has 0 aliphatic heterocycles. The summed E-state index contributed by atoms with van der Waals surface area (Å²) in [7, 11) is 0. The minimum atomic E-state index is -1.06. The number of benzene rings is 2. The van der Waals surface area contributed by atoms with Gasteiger partial charge < -0.3 is 20.3 Å². The third-order valence-electron chi connectivity index (χ3n) is 6.67. The molecule has 40 heavy (non-hydrogen) atoms. The molecule has 0 bridgehead atoms. The van der Waals surface area contributed by atoms with Crippen LogP contribution in [0.2, 0.25) is 0 Å². The smallest absolute Gasteiger partial charge is 0.408 e. The van der Waals surface area contributed by atoms with Crippen molar-refractivity contribution in [3.63, 3.8) is 0 Å². The van der Waals surface area contributed by atoms with E-state index < -0.39 is 35.2 Å². The lowest BCUT2D eigenvalue weighted by atomic mass is 9.90. The van der Waals surface area contributed by atoms with Gasteiger partial charge in [-0.25, -0.2) is 4.79 Å². The summed E-state index contributed by atoms with van der Waals surface area (Å²) in [5, 5.41) is 5.81. The Bertz CT molecular complexity index is 1230. The summed E-state index contributed by atoms with van der Waals surface area (Å²) in [4.78, 5) is 43.1. The number of ether oxygens (including phenoxy) is 1. The van der Waals surface area contributed by atoms with Crippen LogP contribution in [0.4, 0.5) is 10.5 Å². The van der Waals surface area contributed by atoms with Crippen LogP contribution in [0.15, 0.2) is 48.5 Å². The Morgan fingerprint density at radius 1 is 1.05 bits per heavy atom. The Balaban J connectivity index is 2.69. The lowest BCUT2D eigenvalue weighted by Crippen LogP contribution is -2.59. The van der Waals surface area contributed by atoms with E-state index in [1.54, 1.807) is 61.7 Å². The van der Waals surface area contributed by atoms with Gasteiger partial charge in [-0.3, -0.25) is 9.59 Å². The molecule has 2 rings (SSSR count). The van der Waals surface area contributed by atoms with Crippen LogP contribution >= 0.6 is 11.8 Å². The first-order chi connectivity index (χ1) is 18.8. The fraction of sp³-hybridized carbons (Fsp3) is 0.469. The Morgan fingerprint density at radius 3 is 2.25 bits per heavy atom. The Morgan fingerprint density at radius 2 is 1.68 bits per heavy atom. The zero-order valence-corrected chi connectivity index (χ0v) is 25.8. The number of nitrogens with one attached hydrogen (secondary N) is 2. The van der Waals surface area contributed by atoms with E-state index in [1.807, 2.05) is 58.2 Å². The molecule has 0 aliphatic rings. The Labute approximate surface area is 243 Å². The van der Waals surface area contributed by atoms with E-state index in [1.165, 1.54) is 0 Å². The van der Waals surface area contributed by atoms with Crippen LogP contribution in [0, 0.1) is 19.3 Å². The van der Waals surface area contributed by atoms with Crippen LogP contribution in [-0.2, 0) is 14.3 Å². The van der Waals surface area contributed by atoms with Gasteiger partial charge >= 0.3 is 6.09 Å². The molecule has 2 atom stereocenters. The van der Waals surface area contributed by atoms with Crippen molar-refractivity contribution in [1.29, 1.82) is 0 Å². The van der Waals surface area contributed by atoms with Gasteiger partial charge in [0.1, 0.15) is 17.7 Å². The summed E-state index contributed by atoms with van der Waals surface area (Å²) < 4.78 is 5.48. The number of aryl methyl sites for hydroxylation is 1. The van der Waals surface area contributed by atoms with Gasteiger partial charge in [-0.15, -0.1) is 6.42 Å². The number of hydrogen-bond donors (Lipinski definition) is 2. The highest BCUT2D eigenvalue weighted by molar-refractivity contribution is 7.98. The van der Waals surface area contributed by atoms with Crippen LogP contribution in [0.5, 0.6) is 0 Å². The van der Waals surface area contributed by atoms with E-state index in [0.717, 1.165) is 5.56 Å². The molecule has 0 fully saturated rings. The monoisotopic (exact) mass is 565 g/mol. The van der Waals surface area contributed by atoms with Crippen LogP contribution in [0.3, 0.4) is 0 Å². The second kappa shape index (κ2) is 14.3. The number of terminal acetylenes is 1. The summed E-state index contributed by atoms with van der Waals surface area (Å²) in [6, 6.07) is 12.6. The first-order valence-corrected chi connectivity index (χ1v) is 14.9. The lowest BCUT2D eigenvalue weighted by Gasteiger charge is -2.45. The number of carbonyl (C=O) groups is 3. The molecule has 0 radical (unpaired) electrons. The Kier molecular flexibility index (Phi) is 11.7. The summed E-state index contributed by atoms with van der Waals surface area (Å²) in [5.74, 6) is 2.52. The number of para-hydroxylation sites is 1. The molecule has 2 N–H and O–H groups in total. The second-order valence-corrected chi connectivity index (χ2v) is 12.3. The average molecular weight is 566 g/mol. The Hall–Kier alpha value is -3.44. The number of amides is 3. The SMILES string of the molecule is C#Cc1ccccc1C(C(=O)Nc1ccccc1C)N(C(=O)C(CCSC)NC(=O)OC(C)(C)C)C(C)(C)CC. The second-order valence-electron chi connectivity index (χ2n) is 11.3. The van der Waals surface area contributed by atoms with Crippen molar-refractivity contribution in [2.24, 2.45) is 0 Å². The maximum atomic E-state index is 14.5. The maximum Gasteiger partial charge on any atom is 0.408 e. The van der Waals surface area contributed by atoms with Gasteiger partial charge in [-0.1, -0.05) is 49.2 Å². The van der Waals surface area contributed by atoms with Gasteiger partial charge in [0.05, 0.1) is 0 Å². The number of thioether (sulfide) groups is 1. The van der Waals surface area contributed by atoms with Crippen LogP contribution in [-0.4, -0.2) is 52.0 Å². The summed E-state index contributed by atoms with van der Waals surface area (Å²) in [6.07, 6.45) is 8.03. The fourth-order valence-electron chi connectivity index (χ4n) is 4.23. The van der Waals surface area contributed by atoms with E-state index in [-0.39, 0.29) is 5.91 Å². The summed E-state index contributed by atoms with van der Waals surface area (Å²) in [6.45, 7) is 13.0. The number of carbonyl (C=O) groups excluding carboxylic acids is 3. The minimum Gasteiger partial charge on any atom is -0.444 e. The van der Waals surface area contributed by atoms with Crippen molar-refractivity contribution >= 4 is 35.4 Å². The first-order valence-electron chi connectivity index (χ1n) is 13.5. The molecular formula is C32H43N3O4S. The molecule has 3 amide bonds. The van der Waals surface area contributed by atoms with Crippen LogP contribution in [0.25, 0.3) is 0 Å². The average Bonchev–Trinajstić information content (AvgIpc) is 2.89. The van der Waals surface area contributed by atoms with Crippen molar-refractivity contribution in [1.82, 2.24) is 10.2 Å². The van der Waals surface area contributed by atoms with E-state index in [4.69, 9.17) is 11.2 Å². The van der Waals surface area contributed by atoms with Crippen molar-refractivity contribution in [2.45, 2.75) is 84.5 Å². The molecule has 0 heterocycles. The largest absolute Gasteiger partial charge is 0.444 e. The van der Waals surface area contributed by atoms with Crippen molar-refractivity contribution in [3.05, 3.63) is 65.2 Å². The van der Waals surface area contributed by atoms with Crippen molar-refractivity contribution in [3.8, 4) is 12.3 Å². The normalized spacial score (nSPS) is 13.0. The number of nitrogens with zero attached hydrogens (tertiary/aromatic N) is 1. The minimum absolute atomic E-state index is 0.360. The van der Waals surface area contributed by atoms with E-state index in [0.29, 0.717) is 35.4 Å². The maximum absolute atomic E-state index is 14.5. The molecule has 216 valence electrons. The van der Waals surface area contributed by atoms with Gasteiger partial charge in [-0.05, 0) is 89.7 Å². The highest BCUT2D eigenvalue weighted by atomic mass is 32.2. The standard InChI is InChI=1S/C32H43N3O4S/c1-10-23-17-13-14-18-24(23)27(28(36)33-25-19-15-12-16-22(25)3)35(32(7,8)11-2)29(37)26(20-21-40-9)34-30(38)39-31(4,5)6/h1,12-19,26-27H,11,20-21H2,2-9H3,(H,33,36)(H,34,38). The molecule has 0 aromatic heterocycles. The molecule has 2 aromatic carbocycles. The molecule has 0 aliphatic carbocycles. The third kappa shape index (κ3) is 8.79. The number of alkyl carbamates (subject to hydrolysis) is 1. The molecule has 0 saturated carbocycles. The van der Waals surface area contributed by atoms with Gasteiger partial charge in [0, 0.05) is 16.8 Å². The fourth-order valence-corrected chi connectivity index (χ4v) is 4.71. The number of rotatable bonds is 11.